The van der Waals surface area contributed by atoms with Crippen LogP contribution in [0.3, 0.4) is 0 Å². The Balaban J connectivity index is 2.10. The third kappa shape index (κ3) is 3.86. The fraction of sp³-hybridized carbons (Fsp3) is 0.200. The minimum Gasteiger partial charge on any atom is -0.495 e. The Morgan fingerprint density at radius 3 is 2.67 bits per heavy atom. The topological polar surface area (TPSA) is 63.2 Å². The molecule has 0 aliphatic rings. The van der Waals surface area contributed by atoms with Crippen molar-refractivity contribution in [2.45, 2.75) is 6.92 Å². The van der Waals surface area contributed by atoms with E-state index in [2.05, 4.69) is 15.6 Å². The molecule has 2 aromatic rings. The lowest BCUT2D eigenvalue weighted by Crippen LogP contribution is -2.13. The van der Waals surface area contributed by atoms with E-state index in [1.54, 1.807) is 30.5 Å². The summed E-state index contributed by atoms with van der Waals surface area (Å²) in [6.45, 7) is 2.80. The lowest BCUT2D eigenvalue weighted by atomic mass is 10.2. The fourth-order valence-electron chi connectivity index (χ4n) is 1.77. The lowest BCUT2D eigenvalue weighted by molar-refractivity contribution is 0.102. The number of hydrogen-bond donors (Lipinski definition) is 2. The van der Waals surface area contributed by atoms with Gasteiger partial charge in [-0.05, 0) is 31.2 Å². The standard InChI is InChI=1S/C15H16ClN3O2/c1-3-17-11-5-7-13(18-9-11)15(20)19-10-4-6-12(16)14(8-10)21-2/h4-9,17H,3H2,1-2H3,(H,19,20). The number of nitrogens with one attached hydrogen (secondary N) is 2. The summed E-state index contributed by atoms with van der Waals surface area (Å²) in [7, 11) is 1.52. The summed E-state index contributed by atoms with van der Waals surface area (Å²) in [5.74, 6) is 0.215. The van der Waals surface area contributed by atoms with Gasteiger partial charge in [-0.2, -0.15) is 0 Å². The van der Waals surface area contributed by atoms with Crippen LogP contribution in [-0.2, 0) is 0 Å². The maximum absolute atomic E-state index is 12.1. The number of amides is 1. The van der Waals surface area contributed by atoms with Gasteiger partial charge in [-0.1, -0.05) is 11.6 Å². The number of halogens is 1. The fourth-order valence-corrected chi connectivity index (χ4v) is 1.96. The average molecular weight is 306 g/mol. The molecule has 21 heavy (non-hydrogen) atoms. The molecule has 5 nitrogen and oxygen atoms in total. The largest absolute Gasteiger partial charge is 0.495 e. The number of carbonyl (C=O) groups is 1. The van der Waals surface area contributed by atoms with Gasteiger partial charge >= 0.3 is 0 Å². The van der Waals surface area contributed by atoms with Crippen LogP contribution in [0.5, 0.6) is 5.75 Å². The van der Waals surface area contributed by atoms with Crippen molar-refractivity contribution >= 4 is 28.9 Å². The van der Waals surface area contributed by atoms with E-state index in [0.717, 1.165) is 12.2 Å². The molecule has 6 heteroatoms. The van der Waals surface area contributed by atoms with Crippen LogP contribution in [0.2, 0.25) is 5.02 Å². The van der Waals surface area contributed by atoms with Gasteiger partial charge in [-0.15, -0.1) is 0 Å². The van der Waals surface area contributed by atoms with E-state index in [1.807, 2.05) is 13.0 Å². The van der Waals surface area contributed by atoms with Crippen LogP contribution in [0.15, 0.2) is 36.5 Å². The van der Waals surface area contributed by atoms with E-state index < -0.39 is 0 Å². The van der Waals surface area contributed by atoms with Gasteiger partial charge < -0.3 is 15.4 Å². The molecule has 0 bridgehead atoms. The van der Waals surface area contributed by atoms with Gasteiger partial charge in [0.05, 0.1) is 24.0 Å². The molecule has 0 unspecified atom stereocenters. The maximum atomic E-state index is 12.1. The first-order valence-corrected chi connectivity index (χ1v) is 6.86. The summed E-state index contributed by atoms with van der Waals surface area (Å²) in [6, 6.07) is 8.51. The Labute approximate surface area is 128 Å². The van der Waals surface area contributed by atoms with Crippen molar-refractivity contribution in [3.63, 3.8) is 0 Å². The average Bonchev–Trinajstić information content (AvgIpc) is 2.50. The lowest BCUT2D eigenvalue weighted by Gasteiger charge is -2.08. The summed E-state index contributed by atoms with van der Waals surface area (Å²) >= 11 is 5.94. The molecule has 1 amide bonds. The molecule has 0 saturated heterocycles. The molecule has 0 saturated carbocycles. The molecule has 2 N–H and O–H groups in total. The molecule has 0 radical (unpaired) electrons. The van der Waals surface area contributed by atoms with Crippen molar-refractivity contribution < 1.29 is 9.53 Å². The van der Waals surface area contributed by atoms with E-state index >= 15 is 0 Å². The maximum Gasteiger partial charge on any atom is 0.274 e. The number of hydrogen-bond acceptors (Lipinski definition) is 4. The quantitative estimate of drug-likeness (QED) is 0.888. The molecular weight excluding hydrogens is 290 g/mol. The van der Waals surface area contributed by atoms with Gasteiger partial charge in [0.25, 0.3) is 5.91 Å². The summed E-state index contributed by atoms with van der Waals surface area (Å²) in [5.41, 5.74) is 1.81. The number of rotatable bonds is 5. The number of carbonyl (C=O) groups excluding carboxylic acids is 1. The smallest absolute Gasteiger partial charge is 0.274 e. The van der Waals surface area contributed by atoms with Crippen LogP contribution < -0.4 is 15.4 Å². The SMILES string of the molecule is CCNc1ccc(C(=O)Nc2ccc(Cl)c(OC)c2)nc1. The number of pyridine rings is 1. The zero-order valence-electron chi connectivity index (χ0n) is 11.8. The van der Waals surface area contributed by atoms with Gasteiger partial charge in [0, 0.05) is 18.3 Å². The normalized spacial score (nSPS) is 10.0. The third-order valence-corrected chi connectivity index (χ3v) is 3.10. The summed E-state index contributed by atoms with van der Waals surface area (Å²) in [6.07, 6.45) is 1.63. The molecule has 0 spiro atoms. The predicted molar refractivity (Wildman–Crippen MR) is 84.4 cm³/mol. The van der Waals surface area contributed by atoms with Crippen molar-refractivity contribution in [1.29, 1.82) is 0 Å². The van der Waals surface area contributed by atoms with Crippen LogP contribution in [-0.4, -0.2) is 24.5 Å². The molecule has 2 rings (SSSR count). The first-order chi connectivity index (χ1) is 10.1. The number of nitrogens with zero attached hydrogens (tertiary/aromatic N) is 1. The van der Waals surface area contributed by atoms with E-state index in [9.17, 15) is 4.79 Å². The summed E-state index contributed by atoms with van der Waals surface area (Å²) < 4.78 is 5.11. The molecule has 1 heterocycles. The second-order valence-corrected chi connectivity index (χ2v) is 4.67. The highest BCUT2D eigenvalue weighted by Gasteiger charge is 2.09. The molecule has 1 aromatic carbocycles. The van der Waals surface area contributed by atoms with Crippen molar-refractivity contribution in [2.24, 2.45) is 0 Å². The monoisotopic (exact) mass is 305 g/mol. The van der Waals surface area contributed by atoms with Gasteiger partial charge in [0.2, 0.25) is 0 Å². The van der Waals surface area contributed by atoms with Crippen molar-refractivity contribution in [1.82, 2.24) is 4.98 Å². The predicted octanol–water partition coefficient (Wildman–Crippen LogP) is 3.43. The van der Waals surface area contributed by atoms with E-state index in [4.69, 9.17) is 16.3 Å². The molecule has 1 aromatic heterocycles. The number of aromatic nitrogens is 1. The molecule has 0 aliphatic carbocycles. The first kappa shape index (κ1) is 15.1. The minimum atomic E-state index is -0.289. The Hall–Kier alpha value is -2.27. The zero-order valence-corrected chi connectivity index (χ0v) is 12.6. The van der Waals surface area contributed by atoms with E-state index in [0.29, 0.717) is 22.2 Å². The Bertz CT molecular complexity index is 629. The number of anilines is 2. The second-order valence-electron chi connectivity index (χ2n) is 4.27. The highest BCUT2D eigenvalue weighted by atomic mass is 35.5. The Kier molecular flexibility index (Phi) is 5.00. The molecule has 0 fully saturated rings. The third-order valence-electron chi connectivity index (χ3n) is 2.79. The van der Waals surface area contributed by atoms with Gasteiger partial charge in [0.1, 0.15) is 11.4 Å². The van der Waals surface area contributed by atoms with Crippen LogP contribution in [0.25, 0.3) is 0 Å². The van der Waals surface area contributed by atoms with E-state index in [-0.39, 0.29) is 5.91 Å². The van der Waals surface area contributed by atoms with Crippen molar-refractivity contribution in [3.05, 3.63) is 47.2 Å². The van der Waals surface area contributed by atoms with E-state index in [1.165, 1.54) is 7.11 Å². The summed E-state index contributed by atoms with van der Waals surface area (Å²) in [5, 5.41) is 6.36. The molecule has 0 aliphatic heterocycles. The molecule has 110 valence electrons. The van der Waals surface area contributed by atoms with Crippen LogP contribution in [0.1, 0.15) is 17.4 Å². The Morgan fingerprint density at radius 2 is 2.05 bits per heavy atom. The number of ether oxygens (including phenoxy) is 1. The number of benzene rings is 1. The van der Waals surface area contributed by atoms with Crippen molar-refractivity contribution in [3.8, 4) is 5.75 Å². The van der Waals surface area contributed by atoms with Crippen molar-refractivity contribution in [2.75, 3.05) is 24.3 Å². The van der Waals surface area contributed by atoms with Crippen LogP contribution in [0.4, 0.5) is 11.4 Å². The summed E-state index contributed by atoms with van der Waals surface area (Å²) in [4.78, 5) is 16.2. The second kappa shape index (κ2) is 6.95. The molecular formula is C15H16ClN3O2. The Morgan fingerprint density at radius 1 is 1.29 bits per heavy atom. The van der Waals surface area contributed by atoms with Gasteiger partial charge in [0.15, 0.2) is 0 Å². The zero-order chi connectivity index (χ0) is 15.2. The van der Waals surface area contributed by atoms with Gasteiger partial charge in [-0.3, -0.25) is 4.79 Å². The highest BCUT2D eigenvalue weighted by Crippen LogP contribution is 2.27. The van der Waals surface area contributed by atoms with Gasteiger partial charge in [-0.25, -0.2) is 4.98 Å². The van der Waals surface area contributed by atoms with Crippen LogP contribution in [0, 0.1) is 0 Å². The van der Waals surface area contributed by atoms with Crippen LogP contribution >= 0.6 is 11.6 Å². The molecule has 0 atom stereocenters. The minimum absolute atomic E-state index is 0.289. The first-order valence-electron chi connectivity index (χ1n) is 6.49. The number of methoxy groups -OCH3 is 1. The highest BCUT2D eigenvalue weighted by molar-refractivity contribution is 6.32.